The summed E-state index contributed by atoms with van der Waals surface area (Å²) < 4.78 is 7.10. The molecule has 0 aliphatic rings. The van der Waals surface area contributed by atoms with E-state index in [2.05, 4.69) is 4.98 Å². The highest BCUT2D eigenvalue weighted by Crippen LogP contribution is 2.34. The maximum absolute atomic E-state index is 11.0. The van der Waals surface area contributed by atoms with Crippen molar-refractivity contribution in [3.63, 3.8) is 0 Å². The number of pyridine rings is 1. The van der Waals surface area contributed by atoms with Crippen molar-refractivity contribution in [1.29, 1.82) is 0 Å². The van der Waals surface area contributed by atoms with E-state index in [9.17, 15) is 9.90 Å². The predicted molar refractivity (Wildman–Crippen MR) is 111 cm³/mol. The van der Waals surface area contributed by atoms with Gasteiger partial charge in [0, 0.05) is 18.0 Å². The molecule has 29 heavy (non-hydrogen) atoms. The van der Waals surface area contributed by atoms with Gasteiger partial charge in [-0.25, -0.2) is 9.78 Å². The Kier molecular flexibility index (Phi) is 4.96. The van der Waals surface area contributed by atoms with Crippen LogP contribution in [0.15, 0.2) is 60.9 Å². The average molecular weight is 409 g/mol. The van der Waals surface area contributed by atoms with Gasteiger partial charge in [0.1, 0.15) is 11.4 Å². The second-order valence-corrected chi connectivity index (χ2v) is 6.90. The highest BCUT2D eigenvalue weighted by molar-refractivity contribution is 6.32. The number of carboxylic acid groups (broad SMARTS) is 1. The summed E-state index contributed by atoms with van der Waals surface area (Å²) in [5, 5.41) is 19.2. The Labute approximate surface area is 171 Å². The van der Waals surface area contributed by atoms with E-state index in [0.717, 1.165) is 22.3 Å². The van der Waals surface area contributed by atoms with Gasteiger partial charge in [-0.2, -0.15) is 0 Å². The number of hydrogen-bond donors (Lipinski definition) is 2. The number of imidazole rings is 1. The molecule has 0 aliphatic carbocycles. The molecule has 0 saturated heterocycles. The minimum atomic E-state index is -0.956. The van der Waals surface area contributed by atoms with Gasteiger partial charge < -0.3 is 19.4 Å². The van der Waals surface area contributed by atoms with Crippen molar-refractivity contribution in [3.05, 3.63) is 77.1 Å². The van der Waals surface area contributed by atoms with Gasteiger partial charge in [0.25, 0.3) is 0 Å². The number of halogens is 1. The molecule has 0 spiro atoms. The largest absolute Gasteiger partial charge is 0.495 e. The number of methoxy groups -OCH3 is 1. The lowest BCUT2D eigenvalue weighted by Crippen LogP contribution is -1.95. The lowest BCUT2D eigenvalue weighted by atomic mass is 10.1. The van der Waals surface area contributed by atoms with Gasteiger partial charge >= 0.3 is 5.97 Å². The number of aliphatic hydroxyl groups is 1. The number of fused-ring (bicyclic) bond motifs is 1. The summed E-state index contributed by atoms with van der Waals surface area (Å²) >= 11 is 6.26. The van der Waals surface area contributed by atoms with Crippen LogP contribution in [-0.2, 0) is 6.61 Å². The van der Waals surface area contributed by atoms with Gasteiger partial charge in [-0.05, 0) is 53.1 Å². The van der Waals surface area contributed by atoms with Gasteiger partial charge in [0.15, 0.2) is 0 Å². The smallest absolute Gasteiger partial charge is 0.335 e. The highest BCUT2D eigenvalue weighted by Gasteiger charge is 2.14. The Bertz CT molecular complexity index is 1220. The Morgan fingerprint density at radius 2 is 1.90 bits per heavy atom. The van der Waals surface area contributed by atoms with Crippen molar-refractivity contribution in [2.24, 2.45) is 0 Å². The second-order valence-electron chi connectivity index (χ2n) is 6.49. The number of aromatic carboxylic acids is 1. The molecule has 7 heteroatoms. The summed E-state index contributed by atoms with van der Waals surface area (Å²) in [6.07, 6.45) is 3.75. The molecule has 2 heterocycles. The second kappa shape index (κ2) is 7.58. The molecule has 0 aliphatic heterocycles. The van der Waals surface area contributed by atoms with E-state index in [1.807, 2.05) is 28.9 Å². The molecule has 2 N–H and O–H groups in total. The van der Waals surface area contributed by atoms with Gasteiger partial charge in [0.05, 0.1) is 30.0 Å². The molecule has 4 aromatic rings. The van der Waals surface area contributed by atoms with Crippen LogP contribution in [0.3, 0.4) is 0 Å². The fourth-order valence-corrected chi connectivity index (χ4v) is 3.46. The van der Waals surface area contributed by atoms with Crippen LogP contribution in [0.5, 0.6) is 5.75 Å². The maximum Gasteiger partial charge on any atom is 0.335 e. The number of nitrogens with zero attached hydrogens (tertiary/aromatic N) is 2. The molecular formula is C22H17ClN2O4. The Balaban J connectivity index is 1.76. The van der Waals surface area contributed by atoms with E-state index in [1.54, 1.807) is 36.4 Å². The predicted octanol–water partition coefficient (Wildman–Crippen LogP) is 4.52. The first kappa shape index (κ1) is 19.0. The first-order chi connectivity index (χ1) is 14.0. The zero-order valence-electron chi connectivity index (χ0n) is 15.5. The summed E-state index contributed by atoms with van der Waals surface area (Å²) in [6.45, 7) is -0.169. The molecule has 0 radical (unpaired) electrons. The molecule has 0 atom stereocenters. The van der Waals surface area contributed by atoms with Crippen molar-refractivity contribution < 1.29 is 19.7 Å². The number of carboxylic acids is 1. The van der Waals surface area contributed by atoms with Crippen LogP contribution in [0.25, 0.3) is 28.0 Å². The van der Waals surface area contributed by atoms with E-state index >= 15 is 0 Å². The van der Waals surface area contributed by atoms with Gasteiger partial charge in [-0.3, -0.25) is 0 Å². The number of ether oxygens (including phenoxy) is 1. The molecular weight excluding hydrogens is 392 g/mol. The molecule has 0 amide bonds. The lowest BCUT2D eigenvalue weighted by molar-refractivity contribution is 0.0697. The Morgan fingerprint density at radius 1 is 1.14 bits per heavy atom. The molecule has 0 unspecified atom stereocenters. The summed E-state index contributed by atoms with van der Waals surface area (Å²) in [5.41, 5.74) is 4.85. The topological polar surface area (TPSA) is 84.1 Å². The third-order valence-corrected chi connectivity index (χ3v) is 5.04. The lowest BCUT2D eigenvalue weighted by Gasteiger charge is -2.09. The Morgan fingerprint density at radius 3 is 2.55 bits per heavy atom. The van der Waals surface area contributed by atoms with Gasteiger partial charge in [0.2, 0.25) is 0 Å². The number of benzene rings is 2. The van der Waals surface area contributed by atoms with E-state index in [-0.39, 0.29) is 12.2 Å². The quantitative estimate of drug-likeness (QED) is 0.507. The first-order valence-corrected chi connectivity index (χ1v) is 9.18. The normalized spacial score (nSPS) is 11.0. The van der Waals surface area contributed by atoms with Crippen LogP contribution in [0.1, 0.15) is 15.9 Å². The van der Waals surface area contributed by atoms with Gasteiger partial charge in [-0.1, -0.05) is 23.7 Å². The molecule has 0 fully saturated rings. The SMILES string of the molecule is COc1cc(CO)c(-c2cn3ccc(-c4ccc(C(=O)O)cc4)cc3n2)cc1Cl. The molecule has 2 aromatic heterocycles. The van der Waals surface area contributed by atoms with E-state index in [4.69, 9.17) is 21.4 Å². The first-order valence-electron chi connectivity index (χ1n) is 8.80. The summed E-state index contributed by atoms with van der Waals surface area (Å²) in [6, 6.07) is 14.0. The third kappa shape index (κ3) is 3.55. The molecule has 2 aromatic carbocycles. The zero-order valence-corrected chi connectivity index (χ0v) is 16.2. The summed E-state index contributed by atoms with van der Waals surface area (Å²) in [4.78, 5) is 15.7. The monoisotopic (exact) mass is 408 g/mol. The van der Waals surface area contributed by atoms with Crippen LogP contribution >= 0.6 is 11.6 Å². The molecule has 6 nitrogen and oxygen atoms in total. The van der Waals surface area contributed by atoms with E-state index < -0.39 is 5.97 Å². The van der Waals surface area contributed by atoms with Crippen molar-refractivity contribution in [2.45, 2.75) is 6.61 Å². The summed E-state index contributed by atoms with van der Waals surface area (Å²) in [7, 11) is 1.53. The third-order valence-electron chi connectivity index (χ3n) is 4.75. The minimum Gasteiger partial charge on any atom is -0.495 e. The standard InChI is InChI=1S/C22H17ClN2O4/c1-29-20-8-16(12-26)17(10-18(20)23)19-11-25-7-6-15(9-21(25)24-19)13-2-4-14(5-3-13)22(27)28/h2-11,26H,12H2,1H3,(H,27,28). The molecule has 4 rings (SSSR count). The minimum absolute atomic E-state index is 0.169. The van der Waals surface area contributed by atoms with Crippen LogP contribution < -0.4 is 4.74 Å². The van der Waals surface area contributed by atoms with Crippen molar-refractivity contribution in [1.82, 2.24) is 9.38 Å². The molecule has 146 valence electrons. The van der Waals surface area contributed by atoms with Crippen molar-refractivity contribution in [3.8, 4) is 28.1 Å². The van der Waals surface area contributed by atoms with Crippen LogP contribution in [-0.4, -0.2) is 32.7 Å². The Hall–Kier alpha value is -3.35. The fourth-order valence-electron chi connectivity index (χ4n) is 3.22. The number of rotatable bonds is 5. The number of carbonyl (C=O) groups is 1. The van der Waals surface area contributed by atoms with Crippen LogP contribution in [0, 0.1) is 0 Å². The maximum atomic E-state index is 11.0. The van der Waals surface area contributed by atoms with Crippen molar-refractivity contribution in [2.75, 3.05) is 7.11 Å². The number of aromatic nitrogens is 2. The van der Waals surface area contributed by atoms with Crippen LogP contribution in [0.2, 0.25) is 5.02 Å². The zero-order chi connectivity index (χ0) is 20.5. The van der Waals surface area contributed by atoms with E-state index in [1.165, 1.54) is 7.11 Å². The fraction of sp³-hybridized carbons (Fsp3) is 0.0909. The highest BCUT2D eigenvalue weighted by atomic mass is 35.5. The number of hydrogen-bond acceptors (Lipinski definition) is 4. The number of aliphatic hydroxyl groups excluding tert-OH is 1. The van der Waals surface area contributed by atoms with Crippen molar-refractivity contribution >= 4 is 23.2 Å². The van der Waals surface area contributed by atoms with E-state index in [0.29, 0.717) is 22.0 Å². The van der Waals surface area contributed by atoms with Crippen LogP contribution in [0.4, 0.5) is 0 Å². The average Bonchev–Trinajstić information content (AvgIpc) is 3.16. The molecule has 0 bridgehead atoms. The summed E-state index contributed by atoms with van der Waals surface area (Å²) in [5.74, 6) is -0.460. The van der Waals surface area contributed by atoms with Gasteiger partial charge in [-0.15, -0.1) is 0 Å². The molecule has 0 saturated carbocycles.